The summed E-state index contributed by atoms with van der Waals surface area (Å²) in [5.41, 5.74) is 2.92. The summed E-state index contributed by atoms with van der Waals surface area (Å²) in [6, 6.07) is 34.6. The minimum absolute atomic E-state index is 0. The Morgan fingerprint density at radius 1 is 0.677 bits per heavy atom. The summed E-state index contributed by atoms with van der Waals surface area (Å²) in [6.07, 6.45) is 6.99. The van der Waals surface area contributed by atoms with Gasteiger partial charge in [-0.25, -0.2) is 0 Å². The maximum Gasteiger partial charge on any atom is 0 e. The van der Waals surface area contributed by atoms with Crippen LogP contribution in [0.2, 0.25) is 0 Å². The fourth-order valence-electron chi connectivity index (χ4n) is 7.77. The zero-order chi connectivity index (χ0) is 19.7. The van der Waals surface area contributed by atoms with Crippen molar-refractivity contribution in [1.29, 1.82) is 0 Å². The molecule has 4 saturated carbocycles. The Morgan fingerprint density at radius 2 is 1.35 bits per heavy atom. The summed E-state index contributed by atoms with van der Waals surface area (Å²) >= 11 is 0. The molecule has 0 saturated heterocycles. The molecule has 0 aliphatic heterocycles. The second-order valence-corrected chi connectivity index (χ2v) is 10.1. The Morgan fingerprint density at radius 3 is 2.13 bits per heavy atom. The predicted octanol–water partition coefficient (Wildman–Crippen LogP) is 7.33. The zero-order valence-electron chi connectivity index (χ0n) is 17.9. The Kier molecular flexibility index (Phi) is 4.89. The summed E-state index contributed by atoms with van der Waals surface area (Å²) in [5, 5.41) is 5.29. The van der Waals surface area contributed by atoms with Gasteiger partial charge in [-0.2, -0.15) is 18.2 Å². The second-order valence-electron chi connectivity index (χ2n) is 10.1. The summed E-state index contributed by atoms with van der Waals surface area (Å²) in [7, 11) is 0. The number of benzene rings is 4. The fourth-order valence-corrected chi connectivity index (χ4v) is 7.77. The van der Waals surface area contributed by atoms with Gasteiger partial charge in [-0.1, -0.05) is 30.3 Å². The molecular weight excluding hydrogens is 449 g/mol. The Bertz CT molecular complexity index is 1240. The third kappa shape index (κ3) is 2.87. The standard InChI is InChI=1S/C30H26.Y/c1-2-8-24-19-25(13-12-22(24)6-1)30(26-15-20-14-21(17-26)18-27(30)16-20)29-11-5-9-23-7-3-4-10-28(23)29;/h1-10,12-13,20-21,26-27H,14-18H2;/q-2;. The molecule has 1 radical (unpaired) electrons. The van der Waals surface area contributed by atoms with Crippen LogP contribution in [0.1, 0.15) is 43.2 Å². The van der Waals surface area contributed by atoms with E-state index in [2.05, 4.69) is 84.9 Å². The Balaban J connectivity index is 0.00000185. The van der Waals surface area contributed by atoms with E-state index in [1.165, 1.54) is 64.8 Å². The molecule has 1 heteroatoms. The quantitative estimate of drug-likeness (QED) is 0.266. The Hall–Kier alpha value is -1.50. The van der Waals surface area contributed by atoms with Crippen LogP contribution in [0.4, 0.5) is 0 Å². The van der Waals surface area contributed by atoms with Crippen molar-refractivity contribution in [2.75, 3.05) is 0 Å². The smallest absolute Gasteiger partial charge is 0 e. The van der Waals surface area contributed by atoms with Gasteiger partial charge in [0, 0.05) is 32.7 Å². The molecule has 0 atom stereocenters. The van der Waals surface area contributed by atoms with Gasteiger partial charge >= 0.3 is 0 Å². The molecule has 0 unspecified atom stereocenters. The molecule has 0 spiro atoms. The van der Waals surface area contributed by atoms with Crippen LogP contribution < -0.4 is 0 Å². The topological polar surface area (TPSA) is 0 Å². The van der Waals surface area contributed by atoms with Crippen LogP contribution in [0, 0.1) is 35.8 Å². The van der Waals surface area contributed by atoms with Gasteiger partial charge in [0.1, 0.15) is 0 Å². The number of hydrogen-bond donors (Lipinski definition) is 0. The van der Waals surface area contributed by atoms with Crippen molar-refractivity contribution in [2.45, 2.75) is 37.5 Å². The van der Waals surface area contributed by atoms with E-state index < -0.39 is 0 Å². The molecule has 8 rings (SSSR count). The van der Waals surface area contributed by atoms with Crippen LogP contribution >= 0.6 is 0 Å². The van der Waals surface area contributed by atoms with Crippen molar-refractivity contribution in [3.63, 3.8) is 0 Å². The first-order valence-corrected chi connectivity index (χ1v) is 11.6. The van der Waals surface area contributed by atoms with Crippen LogP contribution in [0.5, 0.6) is 0 Å². The third-order valence-corrected chi connectivity index (χ3v) is 8.67. The molecule has 4 fully saturated rings. The maximum absolute atomic E-state index is 3.94. The van der Waals surface area contributed by atoms with Crippen LogP contribution in [0.3, 0.4) is 0 Å². The number of rotatable bonds is 2. The second kappa shape index (κ2) is 7.53. The number of hydrogen-bond acceptors (Lipinski definition) is 0. The molecular formula is C30H26Y-2. The van der Waals surface area contributed by atoms with Gasteiger partial charge in [0.25, 0.3) is 0 Å². The average molecular weight is 475 g/mol. The van der Waals surface area contributed by atoms with E-state index in [-0.39, 0.29) is 38.1 Å². The Labute approximate surface area is 210 Å². The van der Waals surface area contributed by atoms with E-state index in [0.717, 1.165) is 11.8 Å². The first kappa shape index (κ1) is 20.1. The number of fused-ring (bicyclic) bond motifs is 2. The van der Waals surface area contributed by atoms with Crippen molar-refractivity contribution >= 4 is 21.5 Å². The van der Waals surface area contributed by atoms with Gasteiger partial charge in [0.15, 0.2) is 0 Å². The fraction of sp³-hybridized carbons (Fsp3) is 0.333. The first-order valence-electron chi connectivity index (χ1n) is 11.6. The van der Waals surface area contributed by atoms with Crippen molar-refractivity contribution in [3.05, 3.63) is 96.1 Å². The summed E-state index contributed by atoms with van der Waals surface area (Å²) in [4.78, 5) is 0. The average Bonchev–Trinajstić information content (AvgIpc) is 2.79. The molecule has 4 bridgehead atoms. The van der Waals surface area contributed by atoms with Gasteiger partial charge in [-0.15, -0.1) is 69.1 Å². The third-order valence-electron chi connectivity index (χ3n) is 8.67. The van der Waals surface area contributed by atoms with Crippen molar-refractivity contribution in [3.8, 4) is 0 Å². The molecule has 0 aromatic heterocycles. The minimum atomic E-state index is 0. The maximum atomic E-state index is 3.94. The van der Waals surface area contributed by atoms with Crippen molar-refractivity contribution in [2.24, 2.45) is 23.7 Å². The molecule has 0 N–H and O–H groups in total. The minimum Gasteiger partial charge on any atom is -0.179 e. The van der Waals surface area contributed by atoms with E-state index in [0.29, 0.717) is 11.8 Å². The zero-order valence-corrected chi connectivity index (χ0v) is 20.7. The predicted molar refractivity (Wildman–Crippen MR) is 123 cm³/mol. The van der Waals surface area contributed by atoms with Gasteiger partial charge in [0.05, 0.1) is 0 Å². The SMILES string of the molecule is [Y].[c-]1ccc2ccccc2c1C1(c2[c-]c3ccccc3cc2)C2CC3CC(C2)CC1C3. The van der Waals surface area contributed by atoms with E-state index in [9.17, 15) is 0 Å². The largest absolute Gasteiger partial charge is 0.179 e. The molecule has 31 heavy (non-hydrogen) atoms. The van der Waals surface area contributed by atoms with E-state index in [4.69, 9.17) is 0 Å². The molecule has 0 amide bonds. The molecule has 0 nitrogen and oxygen atoms in total. The van der Waals surface area contributed by atoms with Gasteiger partial charge in [-0.05, 0) is 61.2 Å². The van der Waals surface area contributed by atoms with Crippen molar-refractivity contribution < 1.29 is 32.7 Å². The van der Waals surface area contributed by atoms with E-state index in [1.54, 1.807) is 0 Å². The van der Waals surface area contributed by atoms with Crippen LogP contribution in [-0.2, 0) is 38.1 Å². The first-order chi connectivity index (χ1) is 14.8. The van der Waals surface area contributed by atoms with Crippen molar-refractivity contribution in [1.82, 2.24) is 0 Å². The van der Waals surface area contributed by atoms with Gasteiger partial charge in [-0.3, -0.25) is 0 Å². The van der Waals surface area contributed by atoms with E-state index >= 15 is 0 Å². The molecule has 0 heterocycles. The van der Waals surface area contributed by atoms with Crippen LogP contribution in [0.25, 0.3) is 21.5 Å². The van der Waals surface area contributed by atoms with E-state index in [1.807, 2.05) is 0 Å². The summed E-state index contributed by atoms with van der Waals surface area (Å²) < 4.78 is 0. The molecule has 4 aromatic carbocycles. The summed E-state index contributed by atoms with van der Waals surface area (Å²) in [5.74, 6) is 3.31. The summed E-state index contributed by atoms with van der Waals surface area (Å²) in [6.45, 7) is 0. The van der Waals surface area contributed by atoms with Gasteiger partial charge < -0.3 is 0 Å². The molecule has 4 aliphatic carbocycles. The normalized spacial score (nSPS) is 31.1. The van der Waals surface area contributed by atoms with Crippen LogP contribution in [-0.4, -0.2) is 0 Å². The molecule has 4 aromatic rings. The monoisotopic (exact) mass is 475 g/mol. The molecule has 4 aliphatic rings. The van der Waals surface area contributed by atoms with Gasteiger partial charge in [0.2, 0.25) is 0 Å². The van der Waals surface area contributed by atoms with Crippen LogP contribution in [0.15, 0.2) is 72.8 Å². The molecule has 151 valence electrons.